The lowest BCUT2D eigenvalue weighted by atomic mass is 9.90. The number of amides is 2. The third-order valence-corrected chi connectivity index (χ3v) is 14.9. The summed E-state index contributed by atoms with van der Waals surface area (Å²) in [6, 6.07) is 11.9. The molecule has 402 valence electrons. The lowest BCUT2D eigenvalue weighted by molar-refractivity contribution is -0.138. The van der Waals surface area contributed by atoms with E-state index < -0.39 is 60.0 Å². The minimum Gasteiger partial charge on any atom is -0.439 e. The number of ketones is 1. The van der Waals surface area contributed by atoms with Gasteiger partial charge in [-0.15, -0.1) is 0 Å². The molecular formula is C56H71F6N7O5. The standard InChI is InChI=1S/C29H39F3N4O2.C27H32F3N3O3/c1-6-33-24-8-10-25(11-9-24)35(7-2)27-22(13-19(4)16-34-27)17-36-20(5)26(38-28(36)37)21-12-18(3)14-23(15-21)29(30,31)32;1-5-32(22-6-8-23(34)9-7-22)25-20(11-17(3)14-31-25)15-33-18(4)24(36-26(33)35)19-10-16(2)12-21(13-19)27(28,29)30/h12-16,20,24-26,33H,6-11,17H2,1-5H3;10-14,18,22,24H,5-9,15H2,1-4H3/t20-,24?,25?,26-;18-,24-/m00/s1. The number of rotatable bonds is 14. The number of anilines is 2. The number of hydrogen-bond donors (Lipinski definition) is 1. The average Bonchev–Trinajstić information content (AvgIpc) is 3.79. The van der Waals surface area contributed by atoms with Gasteiger partial charge in [0.1, 0.15) is 29.6 Å². The van der Waals surface area contributed by atoms with Crippen molar-refractivity contribution >= 4 is 29.6 Å². The molecule has 4 aromatic rings. The zero-order valence-corrected chi connectivity index (χ0v) is 44.0. The van der Waals surface area contributed by atoms with Gasteiger partial charge in [0.25, 0.3) is 0 Å². The minimum absolute atomic E-state index is 0.186. The molecule has 0 radical (unpaired) electrons. The lowest BCUT2D eigenvalue weighted by Crippen LogP contribution is -2.43. The Morgan fingerprint density at radius 2 is 0.986 bits per heavy atom. The largest absolute Gasteiger partial charge is 0.439 e. The summed E-state index contributed by atoms with van der Waals surface area (Å²) in [5.41, 5.74) is 3.82. The Kier molecular flexibility index (Phi) is 17.6. The molecule has 8 rings (SSSR count). The molecule has 74 heavy (non-hydrogen) atoms. The molecule has 18 heteroatoms. The van der Waals surface area contributed by atoms with Gasteiger partial charge >= 0.3 is 24.5 Å². The Bertz CT molecular complexity index is 2630. The molecule has 0 bridgehead atoms. The van der Waals surface area contributed by atoms with Gasteiger partial charge in [0.2, 0.25) is 0 Å². The second-order valence-electron chi connectivity index (χ2n) is 20.5. The predicted molar refractivity (Wildman–Crippen MR) is 272 cm³/mol. The number of aromatic nitrogens is 2. The number of carbonyl (C=O) groups is 3. The van der Waals surface area contributed by atoms with E-state index in [0.29, 0.717) is 53.7 Å². The molecule has 2 saturated heterocycles. The number of nitrogens with zero attached hydrogens (tertiary/aromatic N) is 6. The fourth-order valence-electron chi connectivity index (χ4n) is 11.2. The van der Waals surface area contributed by atoms with E-state index in [-0.39, 0.29) is 24.9 Å². The second-order valence-corrected chi connectivity index (χ2v) is 20.5. The van der Waals surface area contributed by atoms with Crippen LogP contribution in [0.3, 0.4) is 0 Å². The molecule has 2 saturated carbocycles. The molecule has 2 aliphatic heterocycles. The number of halogens is 6. The van der Waals surface area contributed by atoms with Crippen LogP contribution < -0.4 is 15.1 Å². The van der Waals surface area contributed by atoms with Gasteiger partial charge in [-0.1, -0.05) is 30.2 Å². The van der Waals surface area contributed by atoms with E-state index in [0.717, 1.165) is 110 Å². The highest BCUT2D eigenvalue weighted by atomic mass is 19.4. The molecule has 12 nitrogen and oxygen atoms in total. The summed E-state index contributed by atoms with van der Waals surface area (Å²) in [4.78, 5) is 54.9. The van der Waals surface area contributed by atoms with Gasteiger partial charge in [0.05, 0.1) is 36.3 Å². The van der Waals surface area contributed by atoms with Gasteiger partial charge < -0.3 is 24.6 Å². The first-order chi connectivity index (χ1) is 35.0. The van der Waals surface area contributed by atoms with E-state index in [4.69, 9.17) is 19.4 Å². The van der Waals surface area contributed by atoms with Crippen LogP contribution in [0.1, 0.15) is 154 Å². The predicted octanol–water partition coefficient (Wildman–Crippen LogP) is 12.7. The zero-order valence-electron chi connectivity index (χ0n) is 44.0. The third kappa shape index (κ3) is 12.9. The van der Waals surface area contributed by atoms with E-state index in [1.54, 1.807) is 48.9 Å². The number of ether oxygens (including phenoxy) is 2. The van der Waals surface area contributed by atoms with Gasteiger partial charge in [-0.2, -0.15) is 26.3 Å². The van der Waals surface area contributed by atoms with E-state index in [1.807, 2.05) is 40.0 Å². The summed E-state index contributed by atoms with van der Waals surface area (Å²) >= 11 is 0. The second kappa shape index (κ2) is 23.3. The number of benzene rings is 2. The molecule has 4 heterocycles. The van der Waals surface area contributed by atoms with Crippen LogP contribution in [0.2, 0.25) is 0 Å². The van der Waals surface area contributed by atoms with Gasteiger partial charge in [-0.25, -0.2) is 19.6 Å². The summed E-state index contributed by atoms with van der Waals surface area (Å²) in [5.74, 6) is 1.91. The number of aryl methyl sites for hydroxylation is 4. The first kappa shape index (κ1) is 55.8. The fraction of sp³-hybridized carbons (Fsp3) is 0.554. The maximum atomic E-state index is 13.4. The Morgan fingerprint density at radius 1 is 0.581 bits per heavy atom. The molecule has 2 amide bonds. The molecule has 2 aliphatic carbocycles. The fourth-order valence-corrected chi connectivity index (χ4v) is 11.2. The first-order valence-electron chi connectivity index (χ1n) is 26.0. The first-order valence-corrected chi connectivity index (χ1v) is 26.0. The van der Waals surface area contributed by atoms with Crippen molar-refractivity contribution in [2.24, 2.45) is 0 Å². The number of pyridine rings is 2. The van der Waals surface area contributed by atoms with Crippen molar-refractivity contribution < 1.29 is 50.2 Å². The van der Waals surface area contributed by atoms with E-state index in [2.05, 4.69) is 35.0 Å². The molecule has 4 fully saturated rings. The Labute approximate surface area is 431 Å². The number of nitrogens with one attached hydrogen (secondary N) is 1. The van der Waals surface area contributed by atoms with Gasteiger partial charge in [0.15, 0.2) is 0 Å². The molecule has 0 spiro atoms. The van der Waals surface area contributed by atoms with E-state index in [9.17, 15) is 40.7 Å². The van der Waals surface area contributed by atoms with Crippen LogP contribution in [0.5, 0.6) is 0 Å². The number of hydrogen-bond acceptors (Lipinski definition) is 10. The third-order valence-electron chi connectivity index (χ3n) is 14.9. The summed E-state index contributed by atoms with van der Waals surface area (Å²) in [5, 5.41) is 3.56. The van der Waals surface area contributed by atoms with Crippen LogP contribution in [0.25, 0.3) is 0 Å². The summed E-state index contributed by atoms with van der Waals surface area (Å²) < 4.78 is 91.8. The zero-order chi connectivity index (χ0) is 53.8. The van der Waals surface area contributed by atoms with Crippen molar-refractivity contribution in [1.82, 2.24) is 25.1 Å². The molecule has 4 atom stereocenters. The van der Waals surface area contributed by atoms with Crippen LogP contribution in [0.4, 0.5) is 47.6 Å². The maximum absolute atomic E-state index is 13.4. The Morgan fingerprint density at radius 3 is 1.36 bits per heavy atom. The number of carbonyl (C=O) groups excluding carboxylic acids is 3. The molecule has 2 aromatic carbocycles. The average molecular weight is 1040 g/mol. The monoisotopic (exact) mass is 1040 g/mol. The maximum Gasteiger partial charge on any atom is 0.416 e. The molecule has 4 aliphatic rings. The van der Waals surface area contributed by atoms with Crippen LogP contribution >= 0.6 is 0 Å². The van der Waals surface area contributed by atoms with Crippen molar-refractivity contribution in [3.63, 3.8) is 0 Å². The van der Waals surface area contributed by atoms with Crippen molar-refractivity contribution in [3.05, 3.63) is 117 Å². The summed E-state index contributed by atoms with van der Waals surface area (Å²) in [6.45, 7) is 20.0. The topological polar surface area (TPSA) is 120 Å². The van der Waals surface area contributed by atoms with Gasteiger partial charge in [-0.3, -0.25) is 14.6 Å². The van der Waals surface area contributed by atoms with Crippen LogP contribution in [0, 0.1) is 27.7 Å². The van der Waals surface area contributed by atoms with Gasteiger partial charge in [0, 0.05) is 67.6 Å². The minimum atomic E-state index is -4.48. The highest BCUT2D eigenvalue weighted by Crippen LogP contribution is 2.41. The number of cyclic esters (lactones) is 2. The normalized spacial score (nSPS) is 22.6. The number of Topliss-reactive ketones (excluding diaryl/α,β-unsaturated/α-hetero) is 1. The number of alkyl halides is 6. The molecule has 1 N–H and O–H groups in total. The molecule has 2 aromatic heterocycles. The SMILES string of the molecule is CCN(c1ncc(C)cc1CN1C(=O)O[C@H](c2cc(C)cc(C(F)(F)F)c2)[C@@H]1C)C1CCC(=O)CC1.CCNC1CCC(N(CC)c2ncc(C)cc2CN2C(=O)O[C@H](c3cc(C)cc(C(F)(F)F)c3)[C@@H]2C)CC1. The molecular weight excluding hydrogens is 965 g/mol. The highest BCUT2D eigenvalue weighted by Gasteiger charge is 2.44. The van der Waals surface area contributed by atoms with E-state index in [1.165, 1.54) is 0 Å². The summed E-state index contributed by atoms with van der Waals surface area (Å²) in [7, 11) is 0. The smallest absolute Gasteiger partial charge is 0.416 e. The van der Waals surface area contributed by atoms with Crippen molar-refractivity contribution in [2.75, 3.05) is 29.4 Å². The Balaban J connectivity index is 0.000000217. The van der Waals surface area contributed by atoms with Crippen molar-refractivity contribution in [3.8, 4) is 0 Å². The highest BCUT2D eigenvalue weighted by molar-refractivity contribution is 5.79. The Hall–Kier alpha value is -5.91. The van der Waals surface area contributed by atoms with Crippen molar-refractivity contribution in [1.29, 1.82) is 0 Å². The van der Waals surface area contributed by atoms with Crippen LogP contribution in [0.15, 0.2) is 60.9 Å². The quantitative estimate of drug-likeness (QED) is 0.122. The summed E-state index contributed by atoms with van der Waals surface area (Å²) in [6.07, 6.45) is -1.01. The van der Waals surface area contributed by atoms with Crippen LogP contribution in [-0.4, -0.2) is 87.6 Å². The van der Waals surface area contributed by atoms with Crippen LogP contribution in [-0.2, 0) is 39.7 Å². The molecule has 0 unspecified atom stereocenters. The van der Waals surface area contributed by atoms with Gasteiger partial charge in [-0.05, 0) is 159 Å². The lowest BCUT2D eigenvalue weighted by Gasteiger charge is -2.38. The van der Waals surface area contributed by atoms with E-state index >= 15 is 0 Å². The van der Waals surface area contributed by atoms with Crippen molar-refractivity contribution in [2.45, 2.75) is 182 Å².